The highest BCUT2D eigenvalue weighted by Gasteiger charge is 2.60. The summed E-state index contributed by atoms with van der Waals surface area (Å²) < 4.78 is 0. The highest BCUT2D eigenvalue weighted by Crippen LogP contribution is 2.58. The first-order chi connectivity index (χ1) is 14.0. The summed E-state index contributed by atoms with van der Waals surface area (Å²) in [6, 6.07) is 20.7. The Balaban J connectivity index is 1.56. The predicted octanol–water partition coefficient (Wildman–Crippen LogP) is 5.40. The summed E-state index contributed by atoms with van der Waals surface area (Å²) in [6.45, 7) is 8.21. The van der Waals surface area contributed by atoms with Gasteiger partial charge in [0.05, 0.1) is 11.6 Å². The first kappa shape index (κ1) is 19.4. The van der Waals surface area contributed by atoms with Gasteiger partial charge in [0.1, 0.15) is 0 Å². The normalized spacial score (nSPS) is 23.9. The predicted molar refractivity (Wildman–Crippen MR) is 119 cm³/mol. The van der Waals surface area contributed by atoms with Crippen molar-refractivity contribution in [3.63, 3.8) is 0 Å². The van der Waals surface area contributed by atoms with Gasteiger partial charge < -0.3 is 0 Å². The molecule has 2 aromatic rings. The molecule has 1 fully saturated rings. The van der Waals surface area contributed by atoms with E-state index in [1.54, 1.807) is 0 Å². The van der Waals surface area contributed by atoms with Crippen LogP contribution in [-0.4, -0.2) is 11.6 Å². The molecule has 0 heterocycles. The Hall–Kier alpha value is -2.94. The third-order valence-corrected chi connectivity index (χ3v) is 6.46. The van der Waals surface area contributed by atoms with Crippen LogP contribution >= 0.6 is 0 Å². The maximum absolute atomic E-state index is 13.1. The van der Waals surface area contributed by atoms with Crippen molar-refractivity contribution in [2.24, 2.45) is 16.9 Å². The summed E-state index contributed by atoms with van der Waals surface area (Å²) in [7, 11) is 0. The Bertz CT molecular complexity index is 933. The van der Waals surface area contributed by atoms with Crippen molar-refractivity contribution in [2.75, 3.05) is 0 Å². The average molecular weight is 385 g/mol. The van der Waals surface area contributed by atoms with Crippen molar-refractivity contribution < 1.29 is 4.79 Å². The lowest BCUT2D eigenvalue weighted by Gasteiger charge is -2.22. The molecule has 0 saturated heterocycles. The molecule has 2 aliphatic rings. The van der Waals surface area contributed by atoms with E-state index in [-0.39, 0.29) is 17.2 Å². The number of nitrogens with zero attached hydrogens (tertiary/aromatic N) is 1. The lowest BCUT2D eigenvalue weighted by atomic mass is 9.85. The van der Waals surface area contributed by atoms with Crippen LogP contribution in [0.25, 0.3) is 0 Å². The molecule has 0 radical (unpaired) electrons. The zero-order valence-corrected chi connectivity index (χ0v) is 17.2. The molecule has 148 valence electrons. The zero-order chi connectivity index (χ0) is 20.4. The molecule has 4 rings (SSSR count). The van der Waals surface area contributed by atoms with E-state index >= 15 is 0 Å². The quantitative estimate of drug-likeness (QED) is 0.544. The third-order valence-electron chi connectivity index (χ3n) is 6.46. The molecule has 0 unspecified atom stereocenters. The molecule has 2 atom stereocenters. The van der Waals surface area contributed by atoms with E-state index in [4.69, 9.17) is 0 Å². The molecule has 1 saturated carbocycles. The van der Waals surface area contributed by atoms with Gasteiger partial charge in [-0.3, -0.25) is 4.79 Å². The summed E-state index contributed by atoms with van der Waals surface area (Å²) in [5.74, 6) is 0.292. The highest BCUT2D eigenvalue weighted by atomic mass is 16.2. The largest absolute Gasteiger partial charge is 0.273 e. The SMILES string of the molecule is C=C(C)[C@H]1CC=C(C)/C(=N\NC(=O)[C@H]2CC2(c2ccccc2)c2ccccc2)C1. The van der Waals surface area contributed by atoms with Crippen molar-refractivity contribution in [3.05, 3.63) is 95.6 Å². The van der Waals surface area contributed by atoms with Crippen LogP contribution in [0.15, 0.2) is 89.6 Å². The summed E-state index contributed by atoms with van der Waals surface area (Å²) in [5.41, 5.74) is 8.28. The van der Waals surface area contributed by atoms with E-state index in [0.29, 0.717) is 5.92 Å². The number of carbonyl (C=O) groups is 1. The summed E-state index contributed by atoms with van der Waals surface area (Å²) in [5, 5.41) is 4.52. The topological polar surface area (TPSA) is 41.5 Å². The van der Waals surface area contributed by atoms with E-state index in [9.17, 15) is 4.79 Å². The van der Waals surface area contributed by atoms with Crippen LogP contribution in [0, 0.1) is 11.8 Å². The van der Waals surface area contributed by atoms with Gasteiger partial charge in [0.15, 0.2) is 0 Å². The molecular weight excluding hydrogens is 356 g/mol. The van der Waals surface area contributed by atoms with E-state index in [0.717, 1.165) is 30.5 Å². The fraction of sp³-hybridized carbons (Fsp3) is 0.308. The number of nitrogens with one attached hydrogen (secondary N) is 1. The smallest absolute Gasteiger partial charge is 0.244 e. The fourth-order valence-electron chi connectivity index (χ4n) is 4.48. The molecular formula is C26H28N2O. The monoisotopic (exact) mass is 384 g/mol. The van der Waals surface area contributed by atoms with Gasteiger partial charge in [0.25, 0.3) is 0 Å². The van der Waals surface area contributed by atoms with Gasteiger partial charge in [-0.1, -0.05) is 78.9 Å². The maximum Gasteiger partial charge on any atom is 0.244 e. The van der Waals surface area contributed by atoms with Crippen molar-refractivity contribution in [3.8, 4) is 0 Å². The van der Waals surface area contributed by atoms with Crippen LogP contribution in [0.2, 0.25) is 0 Å². The Kier molecular flexibility index (Phi) is 5.23. The molecule has 2 aliphatic carbocycles. The van der Waals surface area contributed by atoms with Gasteiger partial charge in [0.2, 0.25) is 5.91 Å². The van der Waals surface area contributed by atoms with Crippen LogP contribution in [0.1, 0.15) is 44.2 Å². The number of rotatable bonds is 5. The molecule has 0 bridgehead atoms. The van der Waals surface area contributed by atoms with Gasteiger partial charge >= 0.3 is 0 Å². The van der Waals surface area contributed by atoms with Gasteiger partial charge in [-0.2, -0.15) is 5.10 Å². The second-order valence-electron chi connectivity index (χ2n) is 8.36. The minimum Gasteiger partial charge on any atom is -0.273 e. The van der Waals surface area contributed by atoms with E-state index in [1.165, 1.54) is 16.7 Å². The number of benzene rings is 2. The molecule has 0 spiro atoms. The Labute approximate surface area is 173 Å². The summed E-state index contributed by atoms with van der Waals surface area (Å²) in [4.78, 5) is 13.1. The van der Waals surface area contributed by atoms with Crippen molar-refractivity contribution in [2.45, 2.75) is 38.5 Å². The van der Waals surface area contributed by atoms with Gasteiger partial charge in [-0.05, 0) is 55.7 Å². The van der Waals surface area contributed by atoms with Crippen molar-refractivity contribution in [1.29, 1.82) is 0 Å². The summed E-state index contributed by atoms with van der Waals surface area (Å²) in [6.07, 6.45) is 4.84. The average Bonchev–Trinajstić information content (AvgIpc) is 3.51. The molecule has 1 amide bonds. The number of hydrogen-bond donors (Lipinski definition) is 1. The van der Waals surface area contributed by atoms with Crippen molar-refractivity contribution in [1.82, 2.24) is 5.43 Å². The lowest BCUT2D eigenvalue weighted by molar-refractivity contribution is -0.122. The Morgan fingerprint density at radius 2 is 1.66 bits per heavy atom. The fourth-order valence-corrected chi connectivity index (χ4v) is 4.48. The molecule has 3 nitrogen and oxygen atoms in total. The van der Waals surface area contributed by atoms with Crippen LogP contribution in [-0.2, 0) is 10.2 Å². The molecule has 29 heavy (non-hydrogen) atoms. The first-order valence-corrected chi connectivity index (χ1v) is 10.3. The van der Waals surface area contributed by atoms with Crippen LogP contribution < -0.4 is 5.43 Å². The van der Waals surface area contributed by atoms with E-state index in [2.05, 4.69) is 61.3 Å². The van der Waals surface area contributed by atoms with Crippen LogP contribution in [0.3, 0.4) is 0 Å². The summed E-state index contributed by atoms with van der Waals surface area (Å²) >= 11 is 0. The highest BCUT2D eigenvalue weighted by molar-refractivity contribution is 6.01. The molecule has 2 aromatic carbocycles. The Morgan fingerprint density at radius 3 is 2.21 bits per heavy atom. The number of allylic oxidation sites excluding steroid dienone is 3. The lowest BCUT2D eigenvalue weighted by Crippen LogP contribution is -2.27. The Morgan fingerprint density at radius 1 is 1.07 bits per heavy atom. The minimum absolute atomic E-state index is 0.00421. The minimum atomic E-state index is -0.259. The first-order valence-electron chi connectivity index (χ1n) is 10.3. The van der Waals surface area contributed by atoms with Crippen molar-refractivity contribution >= 4 is 11.6 Å². The van der Waals surface area contributed by atoms with Crippen LogP contribution in [0.4, 0.5) is 0 Å². The molecule has 0 aliphatic heterocycles. The van der Waals surface area contributed by atoms with Gasteiger partial charge in [-0.25, -0.2) is 5.43 Å². The van der Waals surface area contributed by atoms with E-state index in [1.807, 2.05) is 36.4 Å². The molecule has 1 N–H and O–H groups in total. The molecule has 0 aromatic heterocycles. The number of hydrazone groups is 1. The second-order valence-corrected chi connectivity index (χ2v) is 8.36. The van der Waals surface area contributed by atoms with Gasteiger partial charge in [-0.15, -0.1) is 0 Å². The standard InChI is InChI=1S/C26H28N2O/c1-18(2)20-15-14-19(3)24(16-20)27-28-25(29)23-17-26(23,21-10-6-4-7-11-21)22-12-8-5-9-13-22/h4-14,20,23H,1,15-17H2,2-3H3,(H,28,29)/b27-24-/t20-,23+/m0/s1. The number of carbonyl (C=O) groups excluding carboxylic acids is 1. The number of amides is 1. The number of hydrogen-bond acceptors (Lipinski definition) is 2. The second kappa shape index (κ2) is 7.82. The maximum atomic E-state index is 13.1. The molecule has 3 heteroatoms. The zero-order valence-electron chi connectivity index (χ0n) is 17.2. The third kappa shape index (κ3) is 3.69. The van der Waals surface area contributed by atoms with Gasteiger partial charge in [0, 0.05) is 5.41 Å². The van der Waals surface area contributed by atoms with E-state index < -0.39 is 0 Å². The van der Waals surface area contributed by atoms with Crippen LogP contribution in [0.5, 0.6) is 0 Å².